The molecule has 0 fully saturated rings. The predicted octanol–water partition coefficient (Wildman–Crippen LogP) is 3.95. The fraction of sp³-hybridized carbons (Fsp3) is 0.368. The molecular weight excluding hydrogens is 272 g/mol. The largest absolute Gasteiger partial charge is 0.490 e. The lowest BCUT2D eigenvalue weighted by Gasteiger charge is -2.30. The SMILES string of the molecule is CCN(c1ccccc1)C(C)Cc1ccc2c(c1)NCCO2. The average molecular weight is 296 g/mol. The van der Waals surface area contributed by atoms with Crippen LogP contribution in [0.1, 0.15) is 19.4 Å². The first-order valence-electron chi connectivity index (χ1n) is 8.09. The Labute approximate surface area is 132 Å². The summed E-state index contributed by atoms with van der Waals surface area (Å²) in [4.78, 5) is 2.45. The molecule has 1 N–H and O–H groups in total. The van der Waals surface area contributed by atoms with Gasteiger partial charge in [0, 0.05) is 24.8 Å². The molecule has 3 heteroatoms. The summed E-state index contributed by atoms with van der Waals surface area (Å²) in [7, 11) is 0. The van der Waals surface area contributed by atoms with Crippen LogP contribution in [0.5, 0.6) is 5.75 Å². The lowest BCUT2D eigenvalue weighted by Crippen LogP contribution is -2.34. The van der Waals surface area contributed by atoms with Crippen molar-refractivity contribution in [2.24, 2.45) is 0 Å². The van der Waals surface area contributed by atoms with Crippen molar-refractivity contribution in [2.45, 2.75) is 26.3 Å². The van der Waals surface area contributed by atoms with Crippen molar-refractivity contribution >= 4 is 11.4 Å². The highest BCUT2D eigenvalue weighted by molar-refractivity contribution is 5.59. The number of hydrogen-bond acceptors (Lipinski definition) is 3. The summed E-state index contributed by atoms with van der Waals surface area (Å²) < 4.78 is 5.65. The third-order valence-electron chi connectivity index (χ3n) is 4.21. The van der Waals surface area contributed by atoms with Crippen LogP contribution in [0, 0.1) is 0 Å². The fourth-order valence-electron chi connectivity index (χ4n) is 3.13. The summed E-state index contributed by atoms with van der Waals surface area (Å²) in [6.07, 6.45) is 1.03. The van der Waals surface area contributed by atoms with Gasteiger partial charge < -0.3 is 15.0 Å². The molecule has 3 rings (SSSR count). The molecule has 1 heterocycles. The van der Waals surface area contributed by atoms with E-state index in [2.05, 4.69) is 72.6 Å². The van der Waals surface area contributed by atoms with E-state index in [9.17, 15) is 0 Å². The molecular formula is C19H24N2O. The van der Waals surface area contributed by atoms with Crippen LogP contribution < -0.4 is 15.0 Å². The molecule has 3 nitrogen and oxygen atoms in total. The molecule has 0 radical (unpaired) electrons. The quantitative estimate of drug-likeness (QED) is 0.904. The van der Waals surface area contributed by atoms with Crippen molar-refractivity contribution in [3.63, 3.8) is 0 Å². The van der Waals surface area contributed by atoms with E-state index in [0.717, 1.165) is 37.6 Å². The first kappa shape index (κ1) is 14.8. The van der Waals surface area contributed by atoms with E-state index in [1.807, 2.05) is 0 Å². The Kier molecular flexibility index (Phi) is 4.52. The van der Waals surface area contributed by atoms with Crippen LogP contribution in [0.15, 0.2) is 48.5 Å². The zero-order chi connectivity index (χ0) is 15.4. The van der Waals surface area contributed by atoms with Crippen molar-refractivity contribution in [2.75, 3.05) is 29.9 Å². The minimum absolute atomic E-state index is 0.454. The fourth-order valence-corrected chi connectivity index (χ4v) is 3.13. The van der Waals surface area contributed by atoms with Gasteiger partial charge in [0.25, 0.3) is 0 Å². The van der Waals surface area contributed by atoms with Crippen molar-refractivity contribution in [1.29, 1.82) is 0 Å². The van der Waals surface area contributed by atoms with E-state index in [4.69, 9.17) is 4.74 Å². The summed E-state index contributed by atoms with van der Waals surface area (Å²) >= 11 is 0. The third-order valence-corrected chi connectivity index (χ3v) is 4.21. The Balaban J connectivity index is 1.74. The summed E-state index contributed by atoms with van der Waals surface area (Å²) in [5.41, 5.74) is 3.76. The molecule has 1 aliphatic heterocycles. The molecule has 22 heavy (non-hydrogen) atoms. The predicted molar refractivity (Wildman–Crippen MR) is 93.1 cm³/mol. The summed E-state index contributed by atoms with van der Waals surface area (Å²) in [5, 5.41) is 3.41. The van der Waals surface area contributed by atoms with Gasteiger partial charge in [0.05, 0.1) is 5.69 Å². The molecule has 0 saturated heterocycles. The standard InChI is InChI=1S/C19H24N2O/c1-3-21(17-7-5-4-6-8-17)15(2)13-16-9-10-19-18(14-16)20-11-12-22-19/h4-10,14-15,20H,3,11-13H2,1-2H3. The van der Waals surface area contributed by atoms with Gasteiger partial charge in [-0.25, -0.2) is 0 Å². The number of para-hydroxylation sites is 1. The minimum atomic E-state index is 0.454. The number of hydrogen-bond donors (Lipinski definition) is 1. The smallest absolute Gasteiger partial charge is 0.142 e. The second-order valence-corrected chi connectivity index (χ2v) is 5.78. The van der Waals surface area contributed by atoms with Crippen molar-refractivity contribution in [3.05, 3.63) is 54.1 Å². The van der Waals surface area contributed by atoms with Gasteiger partial charge in [0.2, 0.25) is 0 Å². The lowest BCUT2D eigenvalue weighted by atomic mass is 10.0. The molecule has 1 aliphatic rings. The third kappa shape index (κ3) is 3.19. The number of fused-ring (bicyclic) bond motifs is 1. The maximum Gasteiger partial charge on any atom is 0.142 e. The molecule has 2 aromatic rings. The van der Waals surface area contributed by atoms with E-state index in [-0.39, 0.29) is 0 Å². The Morgan fingerprint density at radius 3 is 2.77 bits per heavy atom. The van der Waals surface area contributed by atoms with Crippen LogP contribution in [0.4, 0.5) is 11.4 Å². The number of ether oxygens (including phenoxy) is 1. The van der Waals surface area contributed by atoms with Crippen molar-refractivity contribution in [1.82, 2.24) is 0 Å². The Bertz CT molecular complexity index is 612. The summed E-state index contributed by atoms with van der Waals surface area (Å²) in [5.74, 6) is 0.970. The van der Waals surface area contributed by atoms with Gasteiger partial charge in [0.1, 0.15) is 12.4 Å². The maximum absolute atomic E-state index is 5.65. The highest BCUT2D eigenvalue weighted by Gasteiger charge is 2.15. The van der Waals surface area contributed by atoms with Gasteiger partial charge in [-0.05, 0) is 50.1 Å². The number of likely N-dealkylation sites (N-methyl/N-ethyl adjacent to an activating group) is 1. The van der Waals surface area contributed by atoms with Gasteiger partial charge in [-0.2, -0.15) is 0 Å². The van der Waals surface area contributed by atoms with Gasteiger partial charge in [0.15, 0.2) is 0 Å². The second-order valence-electron chi connectivity index (χ2n) is 5.78. The van der Waals surface area contributed by atoms with Gasteiger partial charge in [-0.1, -0.05) is 24.3 Å². The highest BCUT2D eigenvalue weighted by atomic mass is 16.5. The molecule has 0 spiro atoms. The monoisotopic (exact) mass is 296 g/mol. The molecule has 1 unspecified atom stereocenters. The molecule has 0 amide bonds. The highest BCUT2D eigenvalue weighted by Crippen LogP contribution is 2.29. The summed E-state index contributed by atoms with van der Waals surface area (Å²) in [6, 6.07) is 17.6. The normalized spacial score (nSPS) is 14.5. The zero-order valence-electron chi connectivity index (χ0n) is 13.4. The Hall–Kier alpha value is -2.16. The number of nitrogens with zero attached hydrogens (tertiary/aromatic N) is 1. The first-order chi connectivity index (χ1) is 10.8. The molecule has 2 aromatic carbocycles. The molecule has 1 atom stereocenters. The minimum Gasteiger partial charge on any atom is -0.490 e. The second kappa shape index (κ2) is 6.73. The lowest BCUT2D eigenvalue weighted by molar-refractivity contribution is 0.323. The Morgan fingerprint density at radius 1 is 1.18 bits per heavy atom. The summed E-state index contributed by atoms with van der Waals surface area (Å²) in [6.45, 7) is 7.15. The van der Waals surface area contributed by atoms with E-state index < -0.39 is 0 Å². The van der Waals surface area contributed by atoms with E-state index >= 15 is 0 Å². The first-order valence-corrected chi connectivity index (χ1v) is 8.09. The molecule has 0 aliphatic carbocycles. The molecule has 0 bridgehead atoms. The van der Waals surface area contributed by atoms with Crippen LogP contribution in [0.2, 0.25) is 0 Å². The Morgan fingerprint density at radius 2 is 2.00 bits per heavy atom. The molecule has 0 saturated carbocycles. The van der Waals surface area contributed by atoms with Crippen LogP contribution >= 0.6 is 0 Å². The van der Waals surface area contributed by atoms with Crippen molar-refractivity contribution in [3.8, 4) is 5.75 Å². The van der Waals surface area contributed by atoms with Crippen LogP contribution in [-0.2, 0) is 6.42 Å². The number of benzene rings is 2. The van der Waals surface area contributed by atoms with Gasteiger partial charge >= 0.3 is 0 Å². The number of nitrogens with one attached hydrogen (secondary N) is 1. The molecule has 0 aromatic heterocycles. The van der Waals surface area contributed by atoms with Gasteiger partial charge in [-0.3, -0.25) is 0 Å². The van der Waals surface area contributed by atoms with Crippen LogP contribution in [0.25, 0.3) is 0 Å². The average Bonchev–Trinajstić information content (AvgIpc) is 2.56. The topological polar surface area (TPSA) is 24.5 Å². The van der Waals surface area contributed by atoms with E-state index in [1.165, 1.54) is 11.3 Å². The van der Waals surface area contributed by atoms with Crippen LogP contribution in [-0.4, -0.2) is 25.7 Å². The van der Waals surface area contributed by atoms with Gasteiger partial charge in [-0.15, -0.1) is 0 Å². The van der Waals surface area contributed by atoms with Crippen LogP contribution in [0.3, 0.4) is 0 Å². The van der Waals surface area contributed by atoms with E-state index in [0.29, 0.717) is 6.04 Å². The van der Waals surface area contributed by atoms with E-state index in [1.54, 1.807) is 0 Å². The molecule has 116 valence electrons. The number of anilines is 2. The zero-order valence-corrected chi connectivity index (χ0v) is 13.4. The van der Waals surface area contributed by atoms with Crippen molar-refractivity contribution < 1.29 is 4.74 Å². The maximum atomic E-state index is 5.65. The number of rotatable bonds is 5.